The van der Waals surface area contributed by atoms with Crippen molar-refractivity contribution < 1.29 is 22.5 Å². The highest BCUT2D eigenvalue weighted by atomic mass is 19.4. The summed E-state index contributed by atoms with van der Waals surface area (Å²) >= 11 is 0. The number of piperazine rings is 1. The van der Waals surface area contributed by atoms with Gasteiger partial charge in [0.25, 0.3) is 0 Å². The Morgan fingerprint density at radius 3 is 2.48 bits per heavy atom. The molecule has 1 saturated heterocycles. The Labute approximate surface area is 166 Å². The quantitative estimate of drug-likeness (QED) is 0.786. The van der Waals surface area contributed by atoms with Gasteiger partial charge in [0.1, 0.15) is 0 Å². The van der Waals surface area contributed by atoms with Gasteiger partial charge in [-0.25, -0.2) is 0 Å². The lowest BCUT2D eigenvalue weighted by Gasteiger charge is -2.39. The number of carbonyl (C=O) groups excluding carboxylic acids is 1. The highest BCUT2D eigenvalue weighted by molar-refractivity contribution is 5.79. The SMILES string of the molecule is CCC(C(N)=O)N1CCN(C(C)c2nc(-c3cccc(C(F)(F)F)c3)no2)CC1. The second kappa shape index (κ2) is 8.50. The molecular weight excluding hydrogens is 387 g/mol. The Kier molecular flexibility index (Phi) is 6.23. The fraction of sp³-hybridized carbons (Fsp3) is 0.526. The van der Waals surface area contributed by atoms with E-state index in [9.17, 15) is 18.0 Å². The van der Waals surface area contributed by atoms with Crippen molar-refractivity contribution in [1.29, 1.82) is 0 Å². The molecule has 1 aliphatic heterocycles. The number of alkyl halides is 3. The number of amides is 1. The van der Waals surface area contributed by atoms with Gasteiger partial charge in [-0.05, 0) is 25.5 Å². The molecule has 2 heterocycles. The van der Waals surface area contributed by atoms with Crippen LogP contribution in [0, 0.1) is 0 Å². The van der Waals surface area contributed by atoms with Crippen molar-refractivity contribution in [3.05, 3.63) is 35.7 Å². The predicted octanol–water partition coefficient (Wildman–Crippen LogP) is 2.70. The maximum absolute atomic E-state index is 12.9. The molecule has 0 spiro atoms. The molecule has 0 aliphatic carbocycles. The second-order valence-corrected chi connectivity index (χ2v) is 7.11. The minimum atomic E-state index is -4.43. The van der Waals surface area contributed by atoms with Crippen molar-refractivity contribution in [3.8, 4) is 11.4 Å². The lowest BCUT2D eigenvalue weighted by Crippen LogP contribution is -2.54. The number of nitrogens with zero attached hydrogens (tertiary/aromatic N) is 4. The van der Waals surface area contributed by atoms with Gasteiger partial charge in [0.2, 0.25) is 17.6 Å². The van der Waals surface area contributed by atoms with E-state index in [4.69, 9.17) is 10.3 Å². The van der Waals surface area contributed by atoms with Gasteiger partial charge >= 0.3 is 6.18 Å². The summed E-state index contributed by atoms with van der Waals surface area (Å²) in [6.07, 6.45) is -3.77. The Hall–Kier alpha value is -2.46. The first-order chi connectivity index (χ1) is 13.7. The molecule has 2 aromatic rings. The number of rotatable bonds is 6. The van der Waals surface area contributed by atoms with Gasteiger partial charge in [-0.3, -0.25) is 14.6 Å². The molecule has 29 heavy (non-hydrogen) atoms. The third kappa shape index (κ3) is 4.76. The van der Waals surface area contributed by atoms with Gasteiger partial charge in [0.15, 0.2) is 0 Å². The number of hydrogen-bond acceptors (Lipinski definition) is 6. The third-order valence-corrected chi connectivity index (χ3v) is 5.30. The second-order valence-electron chi connectivity index (χ2n) is 7.11. The third-order valence-electron chi connectivity index (χ3n) is 5.30. The first-order valence-corrected chi connectivity index (χ1v) is 9.49. The zero-order chi connectivity index (χ0) is 21.2. The highest BCUT2D eigenvalue weighted by Crippen LogP contribution is 2.32. The lowest BCUT2D eigenvalue weighted by atomic mass is 10.1. The molecule has 1 aliphatic rings. The van der Waals surface area contributed by atoms with Crippen LogP contribution in [0.1, 0.15) is 37.8 Å². The zero-order valence-electron chi connectivity index (χ0n) is 16.3. The largest absolute Gasteiger partial charge is 0.416 e. The molecule has 0 bridgehead atoms. The normalized spacial score (nSPS) is 18.5. The van der Waals surface area contributed by atoms with E-state index in [0.29, 0.717) is 38.5 Å². The molecule has 1 aromatic carbocycles. The van der Waals surface area contributed by atoms with Crippen LogP contribution in [0.3, 0.4) is 0 Å². The van der Waals surface area contributed by atoms with E-state index in [0.717, 1.165) is 12.1 Å². The molecule has 158 valence electrons. The molecule has 0 radical (unpaired) electrons. The summed E-state index contributed by atoms with van der Waals surface area (Å²) in [6, 6.07) is 4.37. The van der Waals surface area contributed by atoms with Crippen LogP contribution < -0.4 is 5.73 Å². The molecule has 2 unspecified atom stereocenters. The summed E-state index contributed by atoms with van der Waals surface area (Å²) in [5.41, 5.74) is 4.95. The van der Waals surface area contributed by atoms with Gasteiger partial charge in [-0.15, -0.1) is 0 Å². The summed E-state index contributed by atoms with van der Waals surface area (Å²) < 4.78 is 44.1. The van der Waals surface area contributed by atoms with Crippen LogP contribution >= 0.6 is 0 Å². The Morgan fingerprint density at radius 2 is 1.90 bits per heavy atom. The van der Waals surface area contributed by atoms with E-state index < -0.39 is 11.7 Å². The van der Waals surface area contributed by atoms with Crippen molar-refractivity contribution >= 4 is 5.91 Å². The fourth-order valence-electron chi connectivity index (χ4n) is 3.59. The first-order valence-electron chi connectivity index (χ1n) is 9.49. The van der Waals surface area contributed by atoms with Gasteiger partial charge < -0.3 is 10.3 Å². The molecule has 1 aromatic heterocycles. The van der Waals surface area contributed by atoms with Gasteiger partial charge in [-0.2, -0.15) is 18.2 Å². The standard InChI is InChI=1S/C19H24F3N5O2/c1-3-15(16(23)28)27-9-7-26(8-10-27)12(2)18-24-17(25-29-18)13-5-4-6-14(11-13)19(20,21)22/h4-6,11-12,15H,3,7-10H2,1-2H3,(H2,23,28). The minimum absolute atomic E-state index is 0.122. The van der Waals surface area contributed by atoms with E-state index in [2.05, 4.69) is 19.9 Å². The molecular formula is C19H24F3N5O2. The first kappa shape index (κ1) is 21.3. The van der Waals surface area contributed by atoms with Crippen LogP contribution in [0.15, 0.2) is 28.8 Å². The maximum Gasteiger partial charge on any atom is 0.416 e. The van der Waals surface area contributed by atoms with Crippen molar-refractivity contribution in [1.82, 2.24) is 19.9 Å². The Balaban J connectivity index is 1.68. The number of primary amides is 1. The number of nitrogens with two attached hydrogens (primary N) is 1. The number of aromatic nitrogens is 2. The van der Waals surface area contributed by atoms with Crippen LogP contribution in [0.4, 0.5) is 13.2 Å². The predicted molar refractivity (Wildman–Crippen MR) is 99.6 cm³/mol. The van der Waals surface area contributed by atoms with E-state index in [1.165, 1.54) is 12.1 Å². The van der Waals surface area contributed by atoms with E-state index in [1.54, 1.807) is 0 Å². The molecule has 7 nitrogen and oxygen atoms in total. The van der Waals surface area contributed by atoms with E-state index in [-0.39, 0.29) is 29.4 Å². The molecule has 2 N–H and O–H groups in total. The van der Waals surface area contributed by atoms with Crippen molar-refractivity contribution in [2.45, 2.75) is 38.5 Å². The lowest BCUT2D eigenvalue weighted by molar-refractivity contribution is -0.137. The van der Waals surface area contributed by atoms with Crippen LogP contribution in [0.5, 0.6) is 0 Å². The van der Waals surface area contributed by atoms with Crippen LogP contribution in [0.2, 0.25) is 0 Å². The number of hydrogen-bond donors (Lipinski definition) is 1. The number of carbonyl (C=O) groups is 1. The zero-order valence-corrected chi connectivity index (χ0v) is 16.3. The summed E-state index contributed by atoms with van der Waals surface area (Å²) in [5, 5.41) is 3.85. The van der Waals surface area contributed by atoms with Crippen molar-refractivity contribution in [2.75, 3.05) is 26.2 Å². The van der Waals surface area contributed by atoms with Gasteiger partial charge in [0, 0.05) is 31.7 Å². The summed E-state index contributed by atoms with van der Waals surface area (Å²) in [6.45, 7) is 6.57. The molecule has 1 amide bonds. The maximum atomic E-state index is 12.9. The molecule has 3 rings (SSSR count). The summed E-state index contributed by atoms with van der Waals surface area (Å²) in [5.74, 6) is 0.140. The van der Waals surface area contributed by atoms with Crippen LogP contribution in [-0.2, 0) is 11.0 Å². The summed E-state index contributed by atoms with van der Waals surface area (Å²) in [4.78, 5) is 20.1. The molecule has 1 fully saturated rings. The topological polar surface area (TPSA) is 88.5 Å². The van der Waals surface area contributed by atoms with E-state index >= 15 is 0 Å². The Bertz CT molecular complexity index is 846. The Morgan fingerprint density at radius 1 is 1.24 bits per heavy atom. The average molecular weight is 411 g/mol. The number of halogens is 3. The van der Waals surface area contributed by atoms with Crippen LogP contribution in [0.25, 0.3) is 11.4 Å². The summed E-state index contributed by atoms with van der Waals surface area (Å²) in [7, 11) is 0. The van der Waals surface area contributed by atoms with Gasteiger partial charge in [-0.1, -0.05) is 24.2 Å². The molecule has 0 saturated carbocycles. The molecule has 10 heteroatoms. The highest BCUT2D eigenvalue weighted by Gasteiger charge is 2.32. The van der Waals surface area contributed by atoms with Crippen molar-refractivity contribution in [2.24, 2.45) is 5.73 Å². The smallest absolute Gasteiger partial charge is 0.368 e. The van der Waals surface area contributed by atoms with Crippen LogP contribution in [-0.4, -0.2) is 58.1 Å². The van der Waals surface area contributed by atoms with E-state index in [1.807, 2.05) is 13.8 Å². The number of benzene rings is 1. The fourth-order valence-corrected chi connectivity index (χ4v) is 3.59. The van der Waals surface area contributed by atoms with Gasteiger partial charge in [0.05, 0.1) is 17.6 Å². The van der Waals surface area contributed by atoms with Crippen molar-refractivity contribution in [3.63, 3.8) is 0 Å². The minimum Gasteiger partial charge on any atom is -0.368 e. The average Bonchev–Trinajstić information content (AvgIpc) is 3.18. The molecule has 2 atom stereocenters. The monoisotopic (exact) mass is 411 g/mol.